The van der Waals surface area contributed by atoms with E-state index in [9.17, 15) is 9.59 Å². The second kappa shape index (κ2) is 4.53. The van der Waals surface area contributed by atoms with Crippen LogP contribution in [0.4, 0.5) is 0 Å². The molecule has 0 fully saturated rings. The number of ketones is 1. The Hall–Kier alpha value is -2.94. The summed E-state index contributed by atoms with van der Waals surface area (Å²) >= 11 is 0. The summed E-state index contributed by atoms with van der Waals surface area (Å²) in [7, 11) is 0. The van der Waals surface area contributed by atoms with Crippen LogP contribution in [-0.2, 0) is 4.79 Å². The van der Waals surface area contributed by atoms with Crippen molar-refractivity contribution in [2.75, 3.05) is 0 Å². The molecule has 0 aromatic heterocycles. The number of carbonyl (C=O) groups excluding carboxylic acids is 2. The lowest BCUT2D eigenvalue weighted by Gasteiger charge is -2.20. The maximum Gasteiger partial charge on any atom is 0.308 e. The Kier molecular flexibility index (Phi) is 2.63. The molecular weight excluding hydrogens is 276 g/mol. The topological polar surface area (TPSA) is 43.4 Å². The van der Waals surface area contributed by atoms with E-state index >= 15 is 0 Å². The fourth-order valence-corrected chi connectivity index (χ4v) is 3.10. The third kappa shape index (κ3) is 1.69. The van der Waals surface area contributed by atoms with Gasteiger partial charge in [-0.1, -0.05) is 42.5 Å². The van der Waals surface area contributed by atoms with E-state index in [0.29, 0.717) is 16.9 Å². The van der Waals surface area contributed by atoms with Crippen LogP contribution in [0.2, 0.25) is 0 Å². The van der Waals surface area contributed by atoms with Crippen LogP contribution in [0.1, 0.15) is 22.8 Å². The van der Waals surface area contributed by atoms with Gasteiger partial charge in [0, 0.05) is 28.8 Å². The highest BCUT2D eigenvalue weighted by atomic mass is 16.5. The molecule has 0 saturated carbocycles. The largest absolute Gasteiger partial charge is 0.426 e. The molecule has 1 aliphatic rings. The van der Waals surface area contributed by atoms with E-state index in [1.54, 1.807) is 6.07 Å². The summed E-state index contributed by atoms with van der Waals surface area (Å²) in [6.45, 7) is 1.37. The van der Waals surface area contributed by atoms with Crippen molar-refractivity contribution in [3.8, 4) is 16.9 Å². The number of ether oxygens (including phenoxy) is 1. The van der Waals surface area contributed by atoms with Crippen molar-refractivity contribution in [2.24, 2.45) is 0 Å². The fraction of sp³-hybridized carbons (Fsp3) is 0.0526. The summed E-state index contributed by atoms with van der Waals surface area (Å²) in [5, 5.41) is 1.64. The zero-order valence-corrected chi connectivity index (χ0v) is 11.9. The van der Waals surface area contributed by atoms with Gasteiger partial charge in [-0.15, -0.1) is 0 Å². The van der Waals surface area contributed by atoms with Crippen molar-refractivity contribution in [3.05, 3.63) is 65.7 Å². The lowest BCUT2D eigenvalue weighted by molar-refractivity contribution is -0.131. The summed E-state index contributed by atoms with van der Waals surface area (Å²) in [5.41, 5.74) is 3.28. The number of benzene rings is 3. The zero-order chi connectivity index (χ0) is 15.3. The van der Waals surface area contributed by atoms with Crippen LogP contribution in [0.5, 0.6) is 5.75 Å². The average molecular weight is 288 g/mol. The van der Waals surface area contributed by atoms with Crippen LogP contribution in [0.25, 0.3) is 21.9 Å². The van der Waals surface area contributed by atoms with Gasteiger partial charge in [0.05, 0.1) is 0 Å². The number of esters is 1. The first-order valence-electron chi connectivity index (χ1n) is 7.05. The number of carbonyl (C=O) groups is 2. The summed E-state index contributed by atoms with van der Waals surface area (Å²) in [6.07, 6.45) is 0. The first-order valence-corrected chi connectivity index (χ1v) is 7.05. The van der Waals surface area contributed by atoms with Crippen LogP contribution >= 0.6 is 0 Å². The van der Waals surface area contributed by atoms with Gasteiger partial charge in [0.1, 0.15) is 5.75 Å². The Labute approximate surface area is 127 Å². The molecule has 0 bridgehead atoms. The van der Waals surface area contributed by atoms with E-state index in [4.69, 9.17) is 4.74 Å². The number of hydrogen-bond donors (Lipinski definition) is 0. The Balaban J connectivity index is 2.13. The molecule has 4 rings (SSSR count). The Morgan fingerprint density at radius 3 is 2.32 bits per heavy atom. The van der Waals surface area contributed by atoms with Gasteiger partial charge in [0.25, 0.3) is 0 Å². The SMILES string of the molecule is CC(=O)Oc1ccc2c3c(cccc13)C(=O)c1ccccc1-2. The van der Waals surface area contributed by atoms with Crippen LogP contribution < -0.4 is 4.74 Å². The van der Waals surface area contributed by atoms with Crippen molar-refractivity contribution in [2.45, 2.75) is 6.92 Å². The minimum absolute atomic E-state index is 0.00803. The molecule has 0 aliphatic heterocycles. The minimum atomic E-state index is -0.372. The fourth-order valence-electron chi connectivity index (χ4n) is 3.10. The summed E-state index contributed by atoms with van der Waals surface area (Å²) in [5.74, 6) is 0.122. The monoisotopic (exact) mass is 288 g/mol. The first kappa shape index (κ1) is 12.8. The Bertz CT molecular complexity index is 954. The van der Waals surface area contributed by atoms with Gasteiger partial charge in [0.2, 0.25) is 0 Å². The molecule has 0 spiro atoms. The molecule has 0 radical (unpaired) electrons. The second-order valence-corrected chi connectivity index (χ2v) is 5.31. The van der Waals surface area contributed by atoms with E-state index in [1.807, 2.05) is 48.5 Å². The van der Waals surface area contributed by atoms with Crippen LogP contribution in [0.3, 0.4) is 0 Å². The van der Waals surface area contributed by atoms with Crippen molar-refractivity contribution >= 4 is 22.5 Å². The molecule has 3 heteroatoms. The minimum Gasteiger partial charge on any atom is -0.426 e. The lowest BCUT2D eigenvalue weighted by Crippen LogP contribution is -2.10. The zero-order valence-electron chi connectivity index (χ0n) is 11.9. The van der Waals surface area contributed by atoms with Crippen LogP contribution in [0, 0.1) is 0 Å². The van der Waals surface area contributed by atoms with Gasteiger partial charge < -0.3 is 4.74 Å². The molecule has 106 valence electrons. The first-order chi connectivity index (χ1) is 10.7. The summed E-state index contributed by atoms with van der Waals surface area (Å²) in [6, 6.07) is 16.8. The molecule has 1 aliphatic carbocycles. The van der Waals surface area contributed by atoms with E-state index in [1.165, 1.54) is 6.92 Å². The van der Waals surface area contributed by atoms with E-state index in [-0.39, 0.29) is 11.8 Å². The highest BCUT2D eigenvalue weighted by Gasteiger charge is 2.25. The molecule has 0 saturated heterocycles. The maximum atomic E-state index is 12.7. The average Bonchev–Trinajstić information content (AvgIpc) is 2.53. The molecule has 0 unspecified atom stereocenters. The summed E-state index contributed by atoms with van der Waals surface area (Å²) < 4.78 is 5.28. The van der Waals surface area contributed by atoms with Gasteiger partial charge in [0.15, 0.2) is 5.78 Å². The second-order valence-electron chi connectivity index (χ2n) is 5.31. The molecule has 3 aromatic rings. The normalized spacial score (nSPS) is 12.1. The van der Waals surface area contributed by atoms with Crippen molar-refractivity contribution in [1.82, 2.24) is 0 Å². The third-order valence-corrected chi connectivity index (χ3v) is 3.96. The Morgan fingerprint density at radius 2 is 1.55 bits per heavy atom. The van der Waals surface area contributed by atoms with E-state index < -0.39 is 0 Å². The highest BCUT2D eigenvalue weighted by Crippen LogP contribution is 2.42. The number of fused-ring (bicyclic) bond motifs is 2. The molecule has 3 nitrogen and oxygen atoms in total. The molecular formula is C19H12O3. The molecule has 3 aromatic carbocycles. The molecule has 0 heterocycles. The Morgan fingerprint density at radius 1 is 0.818 bits per heavy atom. The molecule has 0 N–H and O–H groups in total. The van der Waals surface area contributed by atoms with Crippen molar-refractivity contribution < 1.29 is 14.3 Å². The van der Waals surface area contributed by atoms with E-state index in [2.05, 4.69) is 0 Å². The van der Waals surface area contributed by atoms with Gasteiger partial charge >= 0.3 is 5.97 Å². The number of rotatable bonds is 1. The maximum absolute atomic E-state index is 12.7. The predicted molar refractivity (Wildman–Crippen MR) is 84.1 cm³/mol. The van der Waals surface area contributed by atoms with Crippen LogP contribution in [0.15, 0.2) is 54.6 Å². The smallest absolute Gasteiger partial charge is 0.308 e. The number of hydrogen-bond acceptors (Lipinski definition) is 3. The van der Waals surface area contributed by atoms with Gasteiger partial charge in [-0.2, -0.15) is 0 Å². The highest BCUT2D eigenvalue weighted by molar-refractivity contribution is 6.26. The third-order valence-electron chi connectivity index (χ3n) is 3.96. The molecule has 0 amide bonds. The van der Waals surface area contributed by atoms with Gasteiger partial charge in [-0.25, -0.2) is 0 Å². The van der Waals surface area contributed by atoms with Crippen molar-refractivity contribution in [1.29, 1.82) is 0 Å². The van der Waals surface area contributed by atoms with Crippen LogP contribution in [-0.4, -0.2) is 11.8 Å². The summed E-state index contributed by atoms with van der Waals surface area (Å²) in [4.78, 5) is 24.0. The van der Waals surface area contributed by atoms with E-state index in [0.717, 1.165) is 21.9 Å². The quantitative estimate of drug-likeness (QED) is 0.393. The lowest BCUT2D eigenvalue weighted by atomic mass is 9.83. The van der Waals surface area contributed by atoms with Crippen molar-refractivity contribution in [3.63, 3.8) is 0 Å². The van der Waals surface area contributed by atoms with Gasteiger partial charge in [-0.3, -0.25) is 9.59 Å². The predicted octanol–water partition coefficient (Wildman–Crippen LogP) is 3.98. The molecule has 0 atom stereocenters. The van der Waals surface area contributed by atoms with Gasteiger partial charge in [-0.05, 0) is 23.3 Å². The standard InChI is InChI=1S/C19H12O3/c1-11(20)22-17-10-9-13-12-5-2-3-6-14(12)19(21)16-8-4-7-15(17)18(13)16/h2-10H,1H3. The molecule has 22 heavy (non-hydrogen) atoms.